The minimum absolute atomic E-state index is 0.279. The first-order chi connectivity index (χ1) is 9.06. The Hall–Kier alpha value is -1.36. The first-order valence-electron chi connectivity index (χ1n) is 5.42. The summed E-state index contributed by atoms with van der Waals surface area (Å²) in [4.78, 5) is 12.7. The predicted octanol–water partition coefficient (Wildman–Crippen LogP) is 4.21. The lowest BCUT2D eigenvalue weighted by atomic mass is 10.2. The van der Waals surface area contributed by atoms with E-state index in [1.807, 2.05) is 13.0 Å². The minimum Gasteiger partial charge on any atom is -0.267 e. The maximum atomic E-state index is 11.8. The molecule has 0 aliphatic rings. The zero-order chi connectivity index (χ0) is 13.8. The highest BCUT2D eigenvalue weighted by atomic mass is 35.5. The van der Waals surface area contributed by atoms with Gasteiger partial charge in [0.1, 0.15) is 0 Å². The highest BCUT2D eigenvalue weighted by Gasteiger charge is 2.05. The molecule has 0 saturated carbocycles. The fourth-order valence-corrected chi connectivity index (χ4v) is 2.48. The molecule has 2 aromatic rings. The fourth-order valence-electron chi connectivity index (χ4n) is 1.36. The van der Waals surface area contributed by atoms with Crippen molar-refractivity contribution in [3.63, 3.8) is 0 Å². The Bertz CT molecular complexity index is 620. The Labute approximate surface area is 124 Å². The van der Waals surface area contributed by atoms with Crippen molar-refractivity contribution in [3.05, 3.63) is 56.2 Å². The van der Waals surface area contributed by atoms with E-state index in [1.54, 1.807) is 30.3 Å². The standard InChI is InChI=1S/C13H10Cl2N2OS/c1-8(11-6-7-12(15)19-11)16-17-13(18)9-2-4-10(14)5-3-9/h2-7H,1H3,(H,17,18)/b16-8-. The Morgan fingerprint density at radius 2 is 1.84 bits per heavy atom. The topological polar surface area (TPSA) is 41.5 Å². The molecule has 0 aliphatic heterocycles. The van der Waals surface area contributed by atoms with Crippen molar-refractivity contribution < 1.29 is 4.79 Å². The predicted molar refractivity (Wildman–Crippen MR) is 80.5 cm³/mol. The first kappa shape index (κ1) is 14.1. The second-order valence-electron chi connectivity index (χ2n) is 3.75. The van der Waals surface area contributed by atoms with Crippen molar-refractivity contribution in [3.8, 4) is 0 Å². The van der Waals surface area contributed by atoms with Crippen LogP contribution in [0.5, 0.6) is 0 Å². The highest BCUT2D eigenvalue weighted by Crippen LogP contribution is 2.21. The number of nitrogens with one attached hydrogen (secondary N) is 1. The summed E-state index contributed by atoms with van der Waals surface area (Å²) in [5, 5.41) is 4.63. The normalized spacial score (nSPS) is 11.4. The summed E-state index contributed by atoms with van der Waals surface area (Å²) in [5.74, 6) is -0.279. The molecule has 19 heavy (non-hydrogen) atoms. The highest BCUT2D eigenvalue weighted by molar-refractivity contribution is 7.18. The molecule has 0 saturated heterocycles. The van der Waals surface area contributed by atoms with Gasteiger partial charge in [0.2, 0.25) is 0 Å². The van der Waals surface area contributed by atoms with Gasteiger partial charge in [-0.25, -0.2) is 5.43 Å². The molecule has 1 aromatic carbocycles. The number of rotatable bonds is 3. The van der Waals surface area contributed by atoms with Gasteiger partial charge in [0, 0.05) is 10.6 Å². The van der Waals surface area contributed by atoms with E-state index >= 15 is 0 Å². The third-order valence-electron chi connectivity index (χ3n) is 2.36. The summed E-state index contributed by atoms with van der Waals surface area (Å²) in [6.07, 6.45) is 0. The van der Waals surface area contributed by atoms with Crippen molar-refractivity contribution in [2.45, 2.75) is 6.92 Å². The molecule has 1 amide bonds. The molecule has 6 heteroatoms. The van der Waals surface area contributed by atoms with Crippen LogP contribution in [-0.2, 0) is 0 Å². The van der Waals surface area contributed by atoms with Gasteiger partial charge < -0.3 is 0 Å². The second kappa shape index (κ2) is 6.19. The molecule has 98 valence electrons. The Morgan fingerprint density at radius 3 is 2.42 bits per heavy atom. The molecular formula is C13H10Cl2N2OS. The summed E-state index contributed by atoms with van der Waals surface area (Å²) in [7, 11) is 0. The van der Waals surface area contributed by atoms with E-state index in [0.717, 1.165) is 4.88 Å². The number of hydrazone groups is 1. The molecule has 0 unspecified atom stereocenters. The van der Waals surface area contributed by atoms with E-state index in [1.165, 1.54) is 11.3 Å². The van der Waals surface area contributed by atoms with Gasteiger partial charge in [-0.05, 0) is 43.3 Å². The number of nitrogens with zero attached hydrogens (tertiary/aromatic N) is 1. The molecule has 0 atom stereocenters. The molecular weight excluding hydrogens is 303 g/mol. The Morgan fingerprint density at radius 1 is 1.16 bits per heavy atom. The zero-order valence-corrected chi connectivity index (χ0v) is 12.3. The quantitative estimate of drug-likeness (QED) is 0.669. The number of carbonyl (C=O) groups excluding carboxylic acids is 1. The van der Waals surface area contributed by atoms with Crippen LogP contribution in [0.1, 0.15) is 22.2 Å². The van der Waals surface area contributed by atoms with Gasteiger partial charge in [0.15, 0.2) is 0 Å². The number of halogens is 2. The second-order valence-corrected chi connectivity index (χ2v) is 5.90. The van der Waals surface area contributed by atoms with Crippen LogP contribution in [0, 0.1) is 0 Å². The lowest BCUT2D eigenvalue weighted by molar-refractivity contribution is 0.0955. The van der Waals surface area contributed by atoms with Crippen LogP contribution in [0.15, 0.2) is 41.5 Å². The number of amides is 1. The van der Waals surface area contributed by atoms with Crippen molar-refractivity contribution >= 4 is 46.2 Å². The molecule has 0 bridgehead atoms. The summed E-state index contributed by atoms with van der Waals surface area (Å²) >= 11 is 13.0. The van der Waals surface area contributed by atoms with Gasteiger partial charge in [-0.1, -0.05) is 23.2 Å². The minimum atomic E-state index is -0.279. The maximum Gasteiger partial charge on any atom is 0.271 e. The van der Waals surface area contributed by atoms with E-state index in [0.29, 0.717) is 20.6 Å². The molecule has 1 N–H and O–H groups in total. The van der Waals surface area contributed by atoms with Gasteiger partial charge in [0.05, 0.1) is 14.9 Å². The van der Waals surface area contributed by atoms with Crippen molar-refractivity contribution in [1.29, 1.82) is 0 Å². The van der Waals surface area contributed by atoms with Gasteiger partial charge in [-0.3, -0.25) is 4.79 Å². The maximum absolute atomic E-state index is 11.8. The summed E-state index contributed by atoms with van der Waals surface area (Å²) in [6, 6.07) is 10.3. The average molecular weight is 313 g/mol. The van der Waals surface area contributed by atoms with Crippen LogP contribution < -0.4 is 5.43 Å². The van der Waals surface area contributed by atoms with E-state index in [9.17, 15) is 4.79 Å². The van der Waals surface area contributed by atoms with E-state index in [2.05, 4.69) is 10.5 Å². The Balaban J connectivity index is 2.05. The monoisotopic (exact) mass is 312 g/mol. The van der Waals surface area contributed by atoms with Gasteiger partial charge in [-0.15, -0.1) is 11.3 Å². The van der Waals surface area contributed by atoms with Crippen molar-refractivity contribution in [2.24, 2.45) is 5.10 Å². The molecule has 0 aliphatic carbocycles. The van der Waals surface area contributed by atoms with Gasteiger partial charge in [0.25, 0.3) is 5.91 Å². The van der Waals surface area contributed by atoms with Crippen LogP contribution in [-0.4, -0.2) is 11.6 Å². The first-order valence-corrected chi connectivity index (χ1v) is 6.99. The SMILES string of the molecule is C/C(=N/NC(=O)c1ccc(Cl)cc1)c1ccc(Cl)s1. The number of carbonyl (C=O) groups is 1. The lowest BCUT2D eigenvalue weighted by Crippen LogP contribution is -2.18. The number of benzene rings is 1. The van der Waals surface area contributed by atoms with Crippen LogP contribution in [0.4, 0.5) is 0 Å². The number of thiophene rings is 1. The number of hydrogen-bond donors (Lipinski definition) is 1. The molecule has 1 heterocycles. The third-order valence-corrected chi connectivity index (χ3v) is 3.95. The molecule has 0 spiro atoms. The summed E-state index contributed by atoms with van der Waals surface area (Å²) < 4.78 is 0.688. The Kier molecular flexibility index (Phi) is 4.58. The third kappa shape index (κ3) is 3.80. The van der Waals surface area contributed by atoms with Crippen LogP contribution in [0.25, 0.3) is 0 Å². The fraction of sp³-hybridized carbons (Fsp3) is 0.0769. The average Bonchev–Trinajstić information content (AvgIpc) is 2.83. The van der Waals surface area contributed by atoms with E-state index in [-0.39, 0.29) is 5.91 Å². The molecule has 3 nitrogen and oxygen atoms in total. The van der Waals surface area contributed by atoms with Gasteiger partial charge in [-0.2, -0.15) is 5.10 Å². The molecule has 1 aromatic heterocycles. The van der Waals surface area contributed by atoms with Crippen LogP contribution in [0.2, 0.25) is 9.36 Å². The zero-order valence-electron chi connectivity index (χ0n) is 9.98. The van der Waals surface area contributed by atoms with Gasteiger partial charge >= 0.3 is 0 Å². The lowest BCUT2D eigenvalue weighted by Gasteiger charge is -2.01. The van der Waals surface area contributed by atoms with Crippen LogP contribution in [0.3, 0.4) is 0 Å². The number of hydrogen-bond acceptors (Lipinski definition) is 3. The molecule has 2 rings (SSSR count). The smallest absolute Gasteiger partial charge is 0.267 e. The van der Waals surface area contributed by atoms with Crippen molar-refractivity contribution in [2.75, 3.05) is 0 Å². The molecule has 0 radical (unpaired) electrons. The van der Waals surface area contributed by atoms with E-state index < -0.39 is 0 Å². The van der Waals surface area contributed by atoms with E-state index in [4.69, 9.17) is 23.2 Å². The molecule has 0 fully saturated rings. The van der Waals surface area contributed by atoms with Crippen molar-refractivity contribution in [1.82, 2.24) is 5.43 Å². The van der Waals surface area contributed by atoms with Crippen LogP contribution >= 0.6 is 34.5 Å². The largest absolute Gasteiger partial charge is 0.271 e. The summed E-state index contributed by atoms with van der Waals surface area (Å²) in [5.41, 5.74) is 3.71. The summed E-state index contributed by atoms with van der Waals surface area (Å²) in [6.45, 7) is 1.81.